The normalized spacial score (nSPS) is 20.0. The number of nitrogens with one attached hydrogen (secondary N) is 1. The van der Waals surface area contributed by atoms with Crippen LogP contribution in [0.1, 0.15) is 46.1 Å². The summed E-state index contributed by atoms with van der Waals surface area (Å²) in [4.78, 5) is 24.5. The third kappa shape index (κ3) is 5.73. The zero-order valence-corrected chi connectivity index (χ0v) is 16.2. The molecule has 1 aliphatic heterocycles. The molecule has 0 saturated carbocycles. The molecule has 1 unspecified atom stereocenters. The summed E-state index contributed by atoms with van der Waals surface area (Å²) in [5, 5.41) is 2.66. The van der Waals surface area contributed by atoms with Crippen molar-refractivity contribution in [3.63, 3.8) is 0 Å². The molecule has 6 heteroatoms. The molecule has 1 amide bonds. The van der Waals surface area contributed by atoms with Crippen molar-refractivity contribution in [1.29, 1.82) is 0 Å². The Morgan fingerprint density at radius 3 is 2.27 bits per heavy atom. The van der Waals surface area contributed by atoms with Crippen LogP contribution < -0.4 is 5.32 Å². The Bertz CT molecular complexity index is 610. The lowest BCUT2D eigenvalue weighted by Gasteiger charge is -2.46. The first kappa shape index (κ1) is 20.2. The molecule has 2 rings (SSSR count). The van der Waals surface area contributed by atoms with Crippen molar-refractivity contribution in [2.24, 2.45) is 5.92 Å². The van der Waals surface area contributed by atoms with E-state index < -0.39 is 29.3 Å². The summed E-state index contributed by atoms with van der Waals surface area (Å²) in [5.74, 6) is -0.575. The van der Waals surface area contributed by atoms with E-state index in [0.29, 0.717) is 12.8 Å². The zero-order chi connectivity index (χ0) is 19.4. The van der Waals surface area contributed by atoms with Crippen LogP contribution in [0.2, 0.25) is 0 Å². The molecule has 26 heavy (non-hydrogen) atoms. The summed E-state index contributed by atoms with van der Waals surface area (Å²) in [5.41, 5.74) is 0.0926. The highest BCUT2D eigenvalue weighted by atomic mass is 16.5. The molecule has 0 aromatic heterocycles. The van der Waals surface area contributed by atoms with Crippen molar-refractivity contribution in [1.82, 2.24) is 5.32 Å². The Balaban J connectivity index is 2.14. The monoisotopic (exact) mass is 363 g/mol. The van der Waals surface area contributed by atoms with Crippen LogP contribution in [0.3, 0.4) is 0 Å². The van der Waals surface area contributed by atoms with Gasteiger partial charge in [-0.2, -0.15) is 0 Å². The van der Waals surface area contributed by atoms with Crippen LogP contribution in [0.4, 0.5) is 4.79 Å². The van der Waals surface area contributed by atoms with E-state index in [2.05, 4.69) is 5.32 Å². The van der Waals surface area contributed by atoms with Crippen LogP contribution in [-0.4, -0.2) is 36.4 Å². The summed E-state index contributed by atoms with van der Waals surface area (Å²) in [7, 11) is 1.28. The SMILES string of the molecule is COC(=O)NC(C(=O)OCc1ccccc1)C1CC(C)(C)OC(C)(C)C1. The van der Waals surface area contributed by atoms with Gasteiger partial charge in [0, 0.05) is 0 Å². The van der Waals surface area contributed by atoms with Crippen molar-refractivity contribution in [3.05, 3.63) is 35.9 Å². The van der Waals surface area contributed by atoms with Crippen LogP contribution in [0.5, 0.6) is 0 Å². The minimum Gasteiger partial charge on any atom is -0.459 e. The highest BCUT2D eigenvalue weighted by Crippen LogP contribution is 2.40. The molecular weight excluding hydrogens is 334 g/mol. The van der Waals surface area contributed by atoms with Gasteiger partial charge in [0.15, 0.2) is 0 Å². The maximum atomic E-state index is 12.8. The molecule has 0 bridgehead atoms. The number of hydrogen-bond acceptors (Lipinski definition) is 5. The van der Waals surface area contributed by atoms with Gasteiger partial charge >= 0.3 is 12.1 Å². The molecule has 1 fully saturated rings. The topological polar surface area (TPSA) is 73.9 Å². The van der Waals surface area contributed by atoms with Gasteiger partial charge in [0.1, 0.15) is 12.6 Å². The average Bonchev–Trinajstić information content (AvgIpc) is 2.55. The molecule has 1 aromatic rings. The predicted octanol–water partition coefficient (Wildman–Crippen LogP) is 3.44. The van der Waals surface area contributed by atoms with Crippen molar-refractivity contribution < 1.29 is 23.8 Å². The van der Waals surface area contributed by atoms with E-state index >= 15 is 0 Å². The molecule has 0 radical (unpaired) electrons. The Morgan fingerprint density at radius 1 is 1.15 bits per heavy atom. The molecule has 1 N–H and O–H groups in total. The second-order valence-corrected chi connectivity index (χ2v) is 8.00. The summed E-state index contributed by atoms with van der Waals surface area (Å²) in [6.07, 6.45) is 0.616. The first-order valence-corrected chi connectivity index (χ1v) is 8.87. The lowest BCUT2D eigenvalue weighted by atomic mass is 9.77. The largest absolute Gasteiger partial charge is 0.459 e. The third-order valence-electron chi connectivity index (χ3n) is 4.47. The molecule has 144 valence electrons. The highest BCUT2D eigenvalue weighted by molar-refractivity contribution is 5.81. The molecule has 1 aliphatic rings. The molecule has 1 heterocycles. The van der Waals surface area contributed by atoms with Crippen LogP contribution in [-0.2, 0) is 25.6 Å². The Labute approximate surface area is 155 Å². The summed E-state index contributed by atoms with van der Waals surface area (Å²) in [6.45, 7) is 8.13. The number of rotatable bonds is 5. The van der Waals surface area contributed by atoms with Gasteiger partial charge in [-0.1, -0.05) is 30.3 Å². The predicted molar refractivity (Wildman–Crippen MR) is 97.5 cm³/mol. The number of ether oxygens (including phenoxy) is 3. The number of methoxy groups -OCH3 is 1. The molecule has 1 atom stereocenters. The number of carbonyl (C=O) groups excluding carboxylic acids is 2. The van der Waals surface area contributed by atoms with Gasteiger partial charge in [0.2, 0.25) is 0 Å². The number of esters is 1. The van der Waals surface area contributed by atoms with E-state index in [1.54, 1.807) is 0 Å². The maximum Gasteiger partial charge on any atom is 0.407 e. The summed E-state index contributed by atoms with van der Waals surface area (Å²) >= 11 is 0. The van der Waals surface area contributed by atoms with Crippen LogP contribution >= 0.6 is 0 Å². The number of amides is 1. The zero-order valence-electron chi connectivity index (χ0n) is 16.2. The minimum atomic E-state index is -0.784. The number of benzene rings is 1. The standard InChI is InChI=1S/C20H29NO5/c1-19(2)11-15(12-20(3,4)26-19)16(21-18(23)24-5)17(22)25-13-14-9-7-6-8-10-14/h6-10,15-16H,11-13H2,1-5H3,(H,21,23). The summed E-state index contributed by atoms with van der Waals surface area (Å²) < 4.78 is 16.3. The second-order valence-electron chi connectivity index (χ2n) is 8.00. The van der Waals surface area contributed by atoms with Crippen molar-refractivity contribution in [3.8, 4) is 0 Å². The summed E-state index contributed by atoms with van der Waals surface area (Å²) in [6, 6.07) is 8.66. The van der Waals surface area contributed by atoms with Gasteiger partial charge in [-0.3, -0.25) is 0 Å². The van der Waals surface area contributed by atoms with E-state index in [-0.39, 0.29) is 12.5 Å². The molecule has 1 aromatic carbocycles. The maximum absolute atomic E-state index is 12.8. The van der Waals surface area contributed by atoms with Crippen LogP contribution in [0.25, 0.3) is 0 Å². The van der Waals surface area contributed by atoms with Gasteiger partial charge in [-0.15, -0.1) is 0 Å². The number of carbonyl (C=O) groups is 2. The van der Waals surface area contributed by atoms with E-state index in [4.69, 9.17) is 14.2 Å². The van der Waals surface area contributed by atoms with E-state index in [1.165, 1.54) is 7.11 Å². The Kier molecular flexibility index (Phi) is 6.29. The Morgan fingerprint density at radius 2 is 1.73 bits per heavy atom. The van der Waals surface area contributed by atoms with E-state index in [1.807, 2.05) is 58.0 Å². The molecule has 0 spiro atoms. The van der Waals surface area contributed by atoms with E-state index in [9.17, 15) is 9.59 Å². The average molecular weight is 363 g/mol. The Hall–Kier alpha value is -2.08. The first-order valence-electron chi connectivity index (χ1n) is 8.87. The fraction of sp³-hybridized carbons (Fsp3) is 0.600. The highest BCUT2D eigenvalue weighted by Gasteiger charge is 2.45. The molecule has 6 nitrogen and oxygen atoms in total. The van der Waals surface area contributed by atoms with E-state index in [0.717, 1.165) is 5.56 Å². The number of alkyl carbamates (subject to hydrolysis) is 1. The fourth-order valence-electron chi connectivity index (χ4n) is 3.78. The smallest absolute Gasteiger partial charge is 0.407 e. The van der Waals surface area contributed by atoms with Gasteiger partial charge in [0.25, 0.3) is 0 Å². The van der Waals surface area contributed by atoms with Crippen LogP contribution in [0, 0.1) is 5.92 Å². The second kappa shape index (κ2) is 8.08. The lowest BCUT2D eigenvalue weighted by Crippen LogP contribution is -2.54. The van der Waals surface area contributed by atoms with Gasteiger partial charge < -0.3 is 19.5 Å². The van der Waals surface area contributed by atoms with Crippen molar-refractivity contribution >= 4 is 12.1 Å². The first-order chi connectivity index (χ1) is 12.1. The lowest BCUT2D eigenvalue weighted by molar-refractivity contribution is -0.181. The third-order valence-corrected chi connectivity index (χ3v) is 4.47. The molecular formula is C20H29NO5. The minimum absolute atomic E-state index is 0.115. The molecule has 1 saturated heterocycles. The van der Waals surface area contributed by atoms with Crippen LogP contribution in [0.15, 0.2) is 30.3 Å². The number of hydrogen-bond donors (Lipinski definition) is 1. The van der Waals surface area contributed by atoms with Gasteiger partial charge in [-0.05, 0) is 52.0 Å². The fourth-order valence-corrected chi connectivity index (χ4v) is 3.78. The van der Waals surface area contributed by atoms with Crippen molar-refractivity contribution in [2.75, 3.05) is 7.11 Å². The van der Waals surface area contributed by atoms with Gasteiger partial charge in [0.05, 0.1) is 18.3 Å². The van der Waals surface area contributed by atoms with Gasteiger partial charge in [-0.25, -0.2) is 9.59 Å². The molecule has 0 aliphatic carbocycles. The quantitative estimate of drug-likeness (QED) is 0.811. The van der Waals surface area contributed by atoms with Crippen molar-refractivity contribution in [2.45, 2.75) is 64.4 Å².